The van der Waals surface area contributed by atoms with E-state index in [2.05, 4.69) is 4.98 Å². The Bertz CT molecular complexity index is 1770. The number of methoxy groups -OCH3 is 1. The molecule has 0 aliphatic carbocycles. The highest BCUT2D eigenvalue weighted by Gasteiger charge is 2.45. The van der Waals surface area contributed by atoms with Crippen molar-refractivity contribution in [1.82, 2.24) is 4.98 Å². The molecule has 3 heterocycles. The average molecular weight is 725 g/mol. The number of benzene rings is 2. The summed E-state index contributed by atoms with van der Waals surface area (Å²) in [4.78, 5) is 44.8. The van der Waals surface area contributed by atoms with Gasteiger partial charge in [0.2, 0.25) is 7.85 Å². The normalized spacial score (nSPS) is 22.4. The predicted molar refractivity (Wildman–Crippen MR) is 198 cm³/mol. The van der Waals surface area contributed by atoms with Crippen LogP contribution in [0.4, 0.5) is 10.6 Å². The highest BCUT2D eigenvalue weighted by Crippen LogP contribution is 2.36. The third-order valence-corrected chi connectivity index (χ3v) is 8.73. The minimum Gasteiger partial charge on any atom is -0.493 e. The van der Waals surface area contributed by atoms with Crippen LogP contribution in [-0.2, 0) is 23.7 Å². The number of hydrogen-bond acceptors (Lipinski definition) is 11. The van der Waals surface area contributed by atoms with Crippen molar-refractivity contribution < 1.29 is 47.5 Å². The Morgan fingerprint density at radius 1 is 1.02 bits per heavy atom. The Labute approximate surface area is 311 Å². The molecule has 2 radical (unpaired) electrons. The van der Waals surface area contributed by atoms with Crippen molar-refractivity contribution in [3.63, 3.8) is 0 Å². The van der Waals surface area contributed by atoms with Crippen LogP contribution in [0.1, 0.15) is 66.8 Å². The van der Waals surface area contributed by atoms with Crippen LogP contribution in [0, 0.1) is 5.92 Å². The molecule has 2 aliphatic rings. The van der Waals surface area contributed by atoms with E-state index in [4.69, 9.17) is 41.0 Å². The van der Waals surface area contributed by atoms with Crippen LogP contribution < -0.4 is 14.4 Å². The molecule has 1 fully saturated rings. The lowest BCUT2D eigenvalue weighted by Crippen LogP contribution is -2.37. The maximum Gasteiger partial charge on any atom is 0.342 e. The maximum atomic E-state index is 13.9. The molecule has 2 aromatic carbocycles. The summed E-state index contributed by atoms with van der Waals surface area (Å²) >= 11 is 0. The number of anilines is 1. The lowest BCUT2D eigenvalue weighted by atomic mass is 9.98. The number of ether oxygens (including phenoxy) is 7. The molecule has 1 saturated heterocycles. The van der Waals surface area contributed by atoms with Crippen molar-refractivity contribution in [2.45, 2.75) is 70.7 Å². The fourth-order valence-corrected chi connectivity index (χ4v) is 5.95. The van der Waals surface area contributed by atoms with Crippen LogP contribution in [-0.4, -0.2) is 87.8 Å². The van der Waals surface area contributed by atoms with E-state index >= 15 is 0 Å². The average Bonchev–Trinajstić information content (AvgIpc) is 3.45. The van der Waals surface area contributed by atoms with E-state index in [0.29, 0.717) is 35.5 Å². The van der Waals surface area contributed by atoms with Gasteiger partial charge >= 0.3 is 11.9 Å². The largest absolute Gasteiger partial charge is 0.493 e. The lowest BCUT2D eigenvalue weighted by Gasteiger charge is -2.26. The van der Waals surface area contributed by atoms with Crippen LogP contribution in [0.3, 0.4) is 0 Å². The van der Waals surface area contributed by atoms with Gasteiger partial charge < -0.3 is 38.1 Å². The van der Waals surface area contributed by atoms with Gasteiger partial charge in [-0.25, -0.2) is 14.6 Å². The van der Waals surface area contributed by atoms with E-state index in [1.54, 1.807) is 79.9 Å². The summed E-state index contributed by atoms with van der Waals surface area (Å²) in [6.07, 6.45) is 7.05. The molecule has 5 rings (SSSR count). The Morgan fingerprint density at radius 3 is 2.51 bits per heavy atom. The van der Waals surface area contributed by atoms with Crippen molar-refractivity contribution in [2.24, 2.45) is 5.92 Å². The summed E-state index contributed by atoms with van der Waals surface area (Å²) in [5, 5.41) is 0. The zero-order valence-electron chi connectivity index (χ0n) is 30.6. The van der Waals surface area contributed by atoms with Crippen molar-refractivity contribution in [3.05, 3.63) is 102 Å². The summed E-state index contributed by atoms with van der Waals surface area (Å²) in [6, 6.07) is 17.3. The van der Waals surface area contributed by atoms with Gasteiger partial charge in [0.15, 0.2) is 18.4 Å². The summed E-state index contributed by atoms with van der Waals surface area (Å²) in [7, 11) is 7.09. The third kappa shape index (κ3) is 10.6. The monoisotopic (exact) mass is 724 g/mol. The summed E-state index contributed by atoms with van der Waals surface area (Å²) in [5.74, 6) is -1.93. The molecule has 0 spiro atoms. The first-order valence-corrected chi connectivity index (χ1v) is 17.5. The van der Waals surface area contributed by atoms with Gasteiger partial charge in [0.25, 0.3) is 0 Å². The molecular formula is C40H45BN2O10. The molecule has 2 aliphatic heterocycles. The number of hydrogen-bond donors (Lipinski definition) is 0. The van der Waals surface area contributed by atoms with Crippen molar-refractivity contribution in [2.75, 3.05) is 32.0 Å². The summed E-state index contributed by atoms with van der Waals surface area (Å²) in [6.45, 7) is 7.65. The quantitative estimate of drug-likeness (QED) is 0.0703. The number of fused-ring (bicyclic) bond motifs is 2. The summed E-state index contributed by atoms with van der Waals surface area (Å²) in [5.41, 5.74) is 1.07. The molecule has 1 aromatic heterocycles. The number of nitrogens with zero attached hydrogens (tertiary/aromatic N) is 2. The number of cyclic esters (lactones) is 1. The van der Waals surface area contributed by atoms with Crippen LogP contribution in [0.15, 0.2) is 85.1 Å². The van der Waals surface area contributed by atoms with Gasteiger partial charge in [-0.2, -0.15) is 0 Å². The highest BCUT2D eigenvalue weighted by atomic mass is 16.8. The van der Waals surface area contributed by atoms with Crippen molar-refractivity contribution >= 4 is 37.5 Å². The molecule has 12 nitrogen and oxygen atoms in total. The molecule has 3 aromatic rings. The first-order chi connectivity index (χ1) is 25.5. The standard InChI is InChI=1S/C40H45BN2O10/c1-26-18-19-31(51-37(44)28-13-7-6-8-14-28)36-32(52-40(3,4)53-36)16-11-15-29-23-30(24-33(49-25-47-5)35(29)38(45)50-27(26)2)48-22-12-21-43(39(41)46)34-17-9-10-20-42-34/h6-11,13-15,17-20,23-24,26-27,31-32,36H,12,16,21-22,25H2,1-5H3/t26-,27+,31?,32+,36?/m1/s1. The smallest absolute Gasteiger partial charge is 0.342 e. The topological polar surface area (TPSA) is 132 Å². The Balaban J connectivity index is 1.44. The number of aromatic nitrogens is 1. The van der Waals surface area contributed by atoms with E-state index in [9.17, 15) is 14.4 Å². The lowest BCUT2D eigenvalue weighted by molar-refractivity contribution is -0.152. The van der Waals surface area contributed by atoms with Crippen molar-refractivity contribution in [3.8, 4) is 11.5 Å². The van der Waals surface area contributed by atoms with Crippen LogP contribution >= 0.6 is 0 Å². The van der Waals surface area contributed by atoms with Gasteiger partial charge in [-0.3, -0.25) is 4.79 Å². The molecule has 5 atom stereocenters. The molecule has 0 N–H and O–H groups in total. The van der Waals surface area contributed by atoms with E-state index in [1.807, 2.05) is 39.0 Å². The highest BCUT2D eigenvalue weighted by molar-refractivity contribution is 6.60. The van der Waals surface area contributed by atoms with E-state index in [0.717, 1.165) is 0 Å². The predicted octanol–water partition coefficient (Wildman–Crippen LogP) is 6.53. The number of carbonyl (C=O) groups is 3. The fraction of sp³-hybridized carbons (Fsp3) is 0.400. The number of esters is 2. The molecule has 0 bridgehead atoms. The van der Waals surface area contributed by atoms with Gasteiger partial charge in [-0.1, -0.05) is 49.4 Å². The SMILES string of the molecule is [B]C(=O)N(CCCOc1cc2c(c(OCOC)c1)C(=O)O[C@@H](C)[C@H](C)C=CC(OC(=O)c1ccccc1)C1OC(C)(C)O[C@H]1CC=C2)c1ccccn1. The molecule has 53 heavy (non-hydrogen) atoms. The Hall–Kier alpha value is -4.98. The van der Waals surface area contributed by atoms with Gasteiger partial charge in [-0.05, 0) is 75.6 Å². The van der Waals surface area contributed by atoms with E-state index in [1.165, 1.54) is 12.0 Å². The second-order valence-electron chi connectivity index (χ2n) is 13.2. The van der Waals surface area contributed by atoms with Crippen LogP contribution in [0.5, 0.6) is 11.5 Å². The first kappa shape index (κ1) is 39.2. The molecular weight excluding hydrogens is 679 g/mol. The van der Waals surface area contributed by atoms with Gasteiger partial charge in [0.05, 0.1) is 18.3 Å². The van der Waals surface area contributed by atoms with E-state index < -0.39 is 47.9 Å². The zero-order valence-corrected chi connectivity index (χ0v) is 30.6. The van der Waals surface area contributed by atoms with Crippen LogP contribution in [0.2, 0.25) is 0 Å². The minimum atomic E-state index is -0.957. The van der Waals surface area contributed by atoms with Crippen LogP contribution in [0.25, 0.3) is 6.08 Å². The molecule has 13 heteroatoms. The Morgan fingerprint density at radius 2 is 1.79 bits per heavy atom. The Kier molecular flexibility index (Phi) is 13.5. The summed E-state index contributed by atoms with van der Waals surface area (Å²) < 4.78 is 41.9. The van der Waals surface area contributed by atoms with Crippen molar-refractivity contribution in [1.29, 1.82) is 0 Å². The second kappa shape index (κ2) is 18.2. The van der Waals surface area contributed by atoms with Gasteiger partial charge in [-0.15, -0.1) is 0 Å². The fourth-order valence-electron chi connectivity index (χ4n) is 5.95. The zero-order chi connectivity index (χ0) is 38.0. The molecule has 0 saturated carbocycles. The van der Waals surface area contributed by atoms with Gasteiger partial charge in [0.1, 0.15) is 41.2 Å². The number of carbonyl (C=O) groups excluding carboxylic acids is 3. The maximum absolute atomic E-state index is 13.9. The van der Waals surface area contributed by atoms with E-state index in [-0.39, 0.29) is 37.2 Å². The number of amides is 1. The molecule has 278 valence electrons. The second-order valence-corrected chi connectivity index (χ2v) is 13.2. The molecule has 1 amide bonds. The minimum absolute atomic E-state index is 0.133. The number of pyridine rings is 1. The van der Waals surface area contributed by atoms with Gasteiger partial charge in [0, 0.05) is 31.8 Å². The first-order valence-electron chi connectivity index (χ1n) is 17.5. The molecule has 2 unspecified atom stereocenters. The third-order valence-electron chi connectivity index (χ3n) is 8.73. The number of rotatable bonds is 11.